The lowest BCUT2D eigenvalue weighted by atomic mass is 9.83. The van der Waals surface area contributed by atoms with Crippen LogP contribution in [0.25, 0.3) is 0 Å². The summed E-state index contributed by atoms with van der Waals surface area (Å²) in [4.78, 5) is 0. The zero-order valence-electron chi connectivity index (χ0n) is 10.0. The first-order valence-corrected chi connectivity index (χ1v) is 6.31. The molecule has 3 nitrogen and oxygen atoms in total. The van der Waals surface area contributed by atoms with Crippen molar-refractivity contribution in [3.8, 4) is 0 Å². The summed E-state index contributed by atoms with van der Waals surface area (Å²) in [6, 6.07) is 9.78. The molecule has 0 aromatic heterocycles. The highest BCUT2D eigenvalue weighted by Crippen LogP contribution is 2.47. The number of ether oxygens (including phenoxy) is 2. The van der Waals surface area contributed by atoms with Gasteiger partial charge in [0.2, 0.25) is 5.79 Å². The fourth-order valence-electron chi connectivity index (χ4n) is 2.96. The molecule has 0 amide bonds. The molecule has 2 heterocycles. The molecular formula is C14H18O3. The average molecular weight is 234 g/mol. The maximum Gasteiger partial charge on any atom is 0.222 e. The Morgan fingerprint density at radius 1 is 1.35 bits per heavy atom. The Kier molecular flexibility index (Phi) is 2.69. The van der Waals surface area contributed by atoms with Gasteiger partial charge in [-0.25, -0.2) is 0 Å². The van der Waals surface area contributed by atoms with E-state index in [2.05, 4.69) is 6.92 Å². The van der Waals surface area contributed by atoms with Gasteiger partial charge in [0.25, 0.3) is 0 Å². The van der Waals surface area contributed by atoms with Crippen LogP contribution in [0.15, 0.2) is 30.3 Å². The monoisotopic (exact) mass is 234 g/mol. The predicted octanol–water partition coefficient (Wildman–Crippen LogP) is 2.05. The van der Waals surface area contributed by atoms with Crippen molar-refractivity contribution >= 4 is 0 Å². The minimum atomic E-state index is -0.926. The second-order valence-corrected chi connectivity index (χ2v) is 4.93. The van der Waals surface area contributed by atoms with E-state index in [1.807, 2.05) is 30.3 Å². The summed E-state index contributed by atoms with van der Waals surface area (Å²) in [5, 5.41) is 10.5. The van der Waals surface area contributed by atoms with E-state index in [1.165, 1.54) is 0 Å². The largest absolute Gasteiger partial charge is 0.387 e. The van der Waals surface area contributed by atoms with Crippen molar-refractivity contribution in [1.82, 2.24) is 0 Å². The lowest BCUT2D eigenvalue weighted by molar-refractivity contribution is -0.271. The molecule has 2 aliphatic rings. The number of rotatable bonds is 2. The number of benzene rings is 1. The van der Waals surface area contributed by atoms with Gasteiger partial charge in [0.05, 0.1) is 12.7 Å². The van der Waals surface area contributed by atoms with Crippen LogP contribution in [0, 0.1) is 5.92 Å². The standard InChI is InChI=1S/C14H18O3/c1-2-10-8-12-9-16-14(17-12,13(10)15)11-6-4-3-5-7-11/h3-7,10,12-13,15H,2,8-9H2,1H3/t10-,12+,13+,14-/m1/s1. The molecule has 4 atom stereocenters. The van der Waals surface area contributed by atoms with E-state index >= 15 is 0 Å². The van der Waals surface area contributed by atoms with Crippen LogP contribution in [-0.4, -0.2) is 23.9 Å². The van der Waals surface area contributed by atoms with Crippen LogP contribution in [0.1, 0.15) is 25.3 Å². The molecule has 1 N–H and O–H groups in total. The first-order valence-electron chi connectivity index (χ1n) is 6.31. The third kappa shape index (κ3) is 1.61. The summed E-state index contributed by atoms with van der Waals surface area (Å²) in [5.74, 6) is -0.665. The minimum Gasteiger partial charge on any atom is -0.387 e. The van der Waals surface area contributed by atoms with E-state index < -0.39 is 11.9 Å². The van der Waals surface area contributed by atoms with Crippen LogP contribution in [0.3, 0.4) is 0 Å². The summed E-state index contributed by atoms with van der Waals surface area (Å²) in [7, 11) is 0. The number of fused-ring (bicyclic) bond motifs is 2. The van der Waals surface area contributed by atoms with Crippen LogP contribution in [0.2, 0.25) is 0 Å². The van der Waals surface area contributed by atoms with Crippen LogP contribution in [-0.2, 0) is 15.3 Å². The van der Waals surface area contributed by atoms with E-state index in [1.54, 1.807) is 0 Å². The summed E-state index contributed by atoms with van der Waals surface area (Å²) in [5.41, 5.74) is 0.924. The summed E-state index contributed by atoms with van der Waals surface area (Å²) >= 11 is 0. The summed E-state index contributed by atoms with van der Waals surface area (Å²) < 4.78 is 11.8. The van der Waals surface area contributed by atoms with Crippen LogP contribution >= 0.6 is 0 Å². The Balaban J connectivity index is 2.00. The molecule has 1 aromatic carbocycles. The number of hydrogen-bond donors (Lipinski definition) is 1. The Morgan fingerprint density at radius 3 is 2.82 bits per heavy atom. The molecule has 2 aliphatic heterocycles. The zero-order chi connectivity index (χ0) is 11.9. The topological polar surface area (TPSA) is 38.7 Å². The number of aliphatic hydroxyl groups is 1. The fourth-order valence-corrected chi connectivity index (χ4v) is 2.96. The molecule has 3 rings (SSSR count). The van der Waals surface area contributed by atoms with Gasteiger partial charge in [0, 0.05) is 5.56 Å². The second-order valence-electron chi connectivity index (χ2n) is 4.93. The highest BCUT2D eigenvalue weighted by Gasteiger charge is 2.55. The highest BCUT2D eigenvalue weighted by atomic mass is 16.8. The number of hydrogen-bond acceptors (Lipinski definition) is 3. The Hall–Kier alpha value is -0.900. The van der Waals surface area contributed by atoms with Crippen LogP contribution in [0.5, 0.6) is 0 Å². The first kappa shape index (κ1) is 11.2. The van der Waals surface area contributed by atoms with Crippen molar-refractivity contribution in [1.29, 1.82) is 0 Å². The van der Waals surface area contributed by atoms with Crippen molar-refractivity contribution in [2.24, 2.45) is 5.92 Å². The van der Waals surface area contributed by atoms with Gasteiger partial charge in [0.1, 0.15) is 6.10 Å². The van der Waals surface area contributed by atoms with Crippen molar-refractivity contribution in [3.63, 3.8) is 0 Å². The van der Waals surface area contributed by atoms with Crippen molar-refractivity contribution < 1.29 is 14.6 Å². The van der Waals surface area contributed by atoms with Gasteiger partial charge in [-0.1, -0.05) is 43.7 Å². The molecule has 3 heteroatoms. The molecule has 2 saturated heterocycles. The van der Waals surface area contributed by atoms with Crippen molar-refractivity contribution in [2.75, 3.05) is 6.61 Å². The second kappa shape index (κ2) is 4.09. The lowest BCUT2D eigenvalue weighted by Gasteiger charge is -2.41. The van der Waals surface area contributed by atoms with Gasteiger partial charge >= 0.3 is 0 Å². The molecule has 0 radical (unpaired) electrons. The maximum absolute atomic E-state index is 10.5. The molecule has 1 aromatic rings. The summed E-state index contributed by atoms with van der Waals surface area (Å²) in [6.07, 6.45) is 1.41. The van der Waals surface area contributed by atoms with Gasteiger partial charge in [0.15, 0.2) is 0 Å². The van der Waals surface area contributed by atoms with Crippen molar-refractivity contribution in [2.45, 2.75) is 37.8 Å². The highest BCUT2D eigenvalue weighted by molar-refractivity contribution is 5.24. The fraction of sp³-hybridized carbons (Fsp3) is 0.571. The van der Waals surface area contributed by atoms with Gasteiger partial charge in [-0.05, 0) is 12.3 Å². The van der Waals surface area contributed by atoms with Gasteiger partial charge in [-0.3, -0.25) is 0 Å². The Morgan fingerprint density at radius 2 is 2.12 bits per heavy atom. The normalized spacial score (nSPS) is 40.5. The third-order valence-corrected chi connectivity index (χ3v) is 3.93. The van der Waals surface area contributed by atoms with E-state index in [4.69, 9.17) is 9.47 Å². The number of aliphatic hydroxyl groups excluding tert-OH is 1. The van der Waals surface area contributed by atoms with Gasteiger partial charge in [-0.2, -0.15) is 0 Å². The van der Waals surface area contributed by atoms with E-state index in [9.17, 15) is 5.11 Å². The molecule has 2 fully saturated rings. The quantitative estimate of drug-likeness (QED) is 0.851. The molecule has 17 heavy (non-hydrogen) atoms. The van der Waals surface area contributed by atoms with Crippen molar-refractivity contribution in [3.05, 3.63) is 35.9 Å². The molecule has 0 unspecified atom stereocenters. The molecule has 92 valence electrons. The van der Waals surface area contributed by atoms with Gasteiger partial charge < -0.3 is 14.6 Å². The zero-order valence-corrected chi connectivity index (χ0v) is 10.0. The van der Waals surface area contributed by atoms with E-state index in [0.717, 1.165) is 18.4 Å². The molecule has 0 spiro atoms. The molecule has 2 bridgehead atoms. The minimum absolute atomic E-state index is 0.128. The SMILES string of the molecule is CC[C@@H]1C[C@H]2CO[C@](c3ccccc3)(O2)[C@H]1O. The van der Waals surface area contributed by atoms with Crippen LogP contribution < -0.4 is 0 Å². The maximum atomic E-state index is 10.5. The summed E-state index contributed by atoms with van der Waals surface area (Å²) in [6.45, 7) is 2.69. The smallest absolute Gasteiger partial charge is 0.222 e. The third-order valence-electron chi connectivity index (χ3n) is 3.93. The lowest BCUT2D eigenvalue weighted by Crippen LogP contribution is -2.49. The Labute approximate surface area is 101 Å². The predicted molar refractivity (Wildman–Crippen MR) is 63.3 cm³/mol. The van der Waals surface area contributed by atoms with Crippen LogP contribution in [0.4, 0.5) is 0 Å². The average Bonchev–Trinajstić information content (AvgIpc) is 2.76. The van der Waals surface area contributed by atoms with E-state index in [-0.39, 0.29) is 12.0 Å². The van der Waals surface area contributed by atoms with Gasteiger partial charge in [-0.15, -0.1) is 0 Å². The van der Waals surface area contributed by atoms with E-state index in [0.29, 0.717) is 6.61 Å². The Bertz CT molecular complexity index is 392. The molecule has 0 saturated carbocycles. The molecule has 0 aliphatic carbocycles. The molecular weight excluding hydrogens is 216 g/mol. The first-order chi connectivity index (χ1) is 8.26.